The number of benzene rings is 2. The number of rotatable bonds is 4. The summed E-state index contributed by atoms with van der Waals surface area (Å²) in [5.74, 6) is -1.15. The molecule has 0 saturated carbocycles. The van der Waals surface area contributed by atoms with E-state index < -0.39 is 18.3 Å². The van der Waals surface area contributed by atoms with Gasteiger partial charge in [-0.2, -0.15) is 0 Å². The van der Waals surface area contributed by atoms with E-state index in [9.17, 15) is 25.2 Å². The molecule has 152 valence electrons. The minimum atomic E-state index is -0.916. The van der Waals surface area contributed by atoms with Crippen molar-refractivity contribution in [1.29, 1.82) is 0 Å². The molecule has 1 fully saturated rings. The molecule has 0 aliphatic carbocycles. The van der Waals surface area contributed by atoms with Crippen LogP contribution in [-0.4, -0.2) is 45.0 Å². The van der Waals surface area contributed by atoms with E-state index in [4.69, 9.17) is 4.74 Å². The first-order valence-corrected chi connectivity index (χ1v) is 10.2. The molecule has 0 amide bonds. The normalized spacial score (nSPS) is 24.7. The van der Waals surface area contributed by atoms with Gasteiger partial charge in [-0.05, 0) is 35.9 Å². The molecule has 0 unspecified atom stereocenters. The van der Waals surface area contributed by atoms with Crippen LogP contribution in [0.3, 0.4) is 0 Å². The van der Waals surface area contributed by atoms with E-state index in [-0.39, 0.29) is 40.9 Å². The first kappa shape index (κ1) is 19.8. The Bertz CT molecular complexity index is 1030. The quantitative estimate of drug-likeness (QED) is 0.488. The molecular weight excluding hydrogens is 392 g/mol. The molecule has 4 rings (SSSR count). The van der Waals surface area contributed by atoms with Gasteiger partial charge in [0.15, 0.2) is 0 Å². The van der Waals surface area contributed by atoms with E-state index in [2.05, 4.69) is 0 Å². The minimum absolute atomic E-state index is 0.0268. The fourth-order valence-electron chi connectivity index (χ4n) is 3.80. The van der Waals surface area contributed by atoms with Gasteiger partial charge in [0.05, 0.1) is 29.3 Å². The van der Waals surface area contributed by atoms with Crippen molar-refractivity contribution >= 4 is 27.2 Å². The van der Waals surface area contributed by atoms with Gasteiger partial charge in [-0.3, -0.25) is 4.79 Å². The van der Waals surface area contributed by atoms with Crippen LogP contribution in [0.2, 0.25) is 0 Å². The predicted octanol–water partition coefficient (Wildman–Crippen LogP) is 3.36. The summed E-state index contributed by atoms with van der Waals surface area (Å²) in [5, 5.41) is 41.7. The Hall–Kier alpha value is -2.45. The van der Waals surface area contributed by atoms with E-state index in [1.165, 1.54) is 17.4 Å². The smallest absolute Gasteiger partial charge is 0.206 e. The lowest BCUT2D eigenvalue weighted by Crippen LogP contribution is -2.40. The molecule has 0 spiro atoms. The third-order valence-corrected chi connectivity index (χ3v) is 6.53. The number of carbonyl (C=O) groups excluding carboxylic acids is 1. The number of phenolic OH excluding ortho intramolecular Hbond substituents is 2. The number of phenols is 2. The molecule has 0 bridgehead atoms. The Balaban J connectivity index is 1.74. The lowest BCUT2D eigenvalue weighted by atomic mass is 9.86. The number of aliphatic hydroxyl groups excluding tert-OH is 2. The van der Waals surface area contributed by atoms with E-state index in [1.54, 1.807) is 6.07 Å². The molecular formula is C22H22O6S. The van der Waals surface area contributed by atoms with E-state index in [0.29, 0.717) is 11.3 Å². The topological polar surface area (TPSA) is 107 Å². The fourth-order valence-corrected chi connectivity index (χ4v) is 4.82. The molecule has 0 radical (unpaired) electrons. The van der Waals surface area contributed by atoms with Gasteiger partial charge in [0, 0.05) is 16.3 Å². The number of aliphatic hydroxyl groups is 2. The van der Waals surface area contributed by atoms with Crippen molar-refractivity contribution in [2.45, 2.75) is 31.7 Å². The van der Waals surface area contributed by atoms with E-state index in [0.717, 1.165) is 16.2 Å². The van der Waals surface area contributed by atoms with Crippen molar-refractivity contribution in [2.24, 2.45) is 5.92 Å². The van der Waals surface area contributed by atoms with Crippen LogP contribution in [-0.2, 0) is 4.74 Å². The summed E-state index contributed by atoms with van der Waals surface area (Å²) < 4.78 is 6.72. The Morgan fingerprint density at radius 3 is 2.66 bits per heavy atom. The van der Waals surface area contributed by atoms with Gasteiger partial charge in [-0.25, -0.2) is 0 Å². The number of ketones is 1. The molecule has 4 N–H and O–H groups in total. The van der Waals surface area contributed by atoms with E-state index in [1.807, 2.05) is 31.2 Å². The number of hydrogen-bond donors (Lipinski definition) is 4. The lowest BCUT2D eigenvalue weighted by Gasteiger charge is -2.38. The average molecular weight is 414 g/mol. The predicted molar refractivity (Wildman–Crippen MR) is 110 cm³/mol. The highest BCUT2D eigenvalue weighted by Gasteiger charge is 2.38. The van der Waals surface area contributed by atoms with Crippen LogP contribution in [0.4, 0.5) is 0 Å². The molecule has 1 aliphatic rings. The highest BCUT2D eigenvalue weighted by molar-refractivity contribution is 7.21. The number of ether oxygens (including phenoxy) is 1. The molecule has 1 saturated heterocycles. The Labute approximate surface area is 171 Å². The van der Waals surface area contributed by atoms with Gasteiger partial charge in [0.25, 0.3) is 0 Å². The second kappa shape index (κ2) is 7.76. The van der Waals surface area contributed by atoms with Crippen LogP contribution in [0.1, 0.15) is 40.2 Å². The van der Waals surface area contributed by atoms with Crippen molar-refractivity contribution in [3.8, 4) is 11.5 Å². The summed E-state index contributed by atoms with van der Waals surface area (Å²) in [7, 11) is 0. The monoisotopic (exact) mass is 414 g/mol. The molecule has 2 aromatic carbocycles. The van der Waals surface area contributed by atoms with Crippen molar-refractivity contribution < 1.29 is 30.0 Å². The summed E-state index contributed by atoms with van der Waals surface area (Å²) >= 11 is 1.32. The third-order valence-electron chi connectivity index (χ3n) is 5.42. The standard InChI is InChI=1S/C22H22O6S/c1-11-6-13(10-23)28-22(20(11)26)15-8-14(16(24)9-17(15)25)21(27)19-7-12-4-2-3-5-18(12)29-19/h2-5,7-9,11,13,20,22-26H,6,10H2,1H3/t11-,13-,20+,22-/m0/s1. The largest absolute Gasteiger partial charge is 0.507 e. The SMILES string of the molecule is C[C@H]1C[C@@H](CO)O[C@@H](c2cc(C(=O)c3cc4ccccc4s3)c(O)cc2O)[C@@H]1O. The molecule has 3 aromatic rings. The second-order valence-electron chi connectivity index (χ2n) is 7.47. The first-order chi connectivity index (χ1) is 13.9. The van der Waals surface area contributed by atoms with Crippen molar-refractivity contribution in [1.82, 2.24) is 0 Å². The van der Waals surface area contributed by atoms with Gasteiger partial charge < -0.3 is 25.2 Å². The maximum atomic E-state index is 13.1. The summed E-state index contributed by atoms with van der Waals surface area (Å²) in [4.78, 5) is 13.5. The maximum Gasteiger partial charge on any atom is 0.206 e. The highest BCUT2D eigenvalue weighted by Crippen LogP contribution is 2.41. The molecule has 6 nitrogen and oxygen atoms in total. The zero-order chi connectivity index (χ0) is 20.7. The molecule has 1 aromatic heterocycles. The highest BCUT2D eigenvalue weighted by atomic mass is 32.1. The third kappa shape index (κ3) is 3.62. The van der Waals surface area contributed by atoms with Crippen LogP contribution >= 0.6 is 11.3 Å². The first-order valence-electron chi connectivity index (χ1n) is 9.42. The average Bonchev–Trinajstić information content (AvgIpc) is 3.14. The number of hydrogen-bond acceptors (Lipinski definition) is 7. The Kier molecular flexibility index (Phi) is 5.31. The van der Waals surface area contributed by atoms with Crippen molar-refractivity contribution in [3.05, 3.63) is 58.5 Å². The van der Waals surface area contributed by atoms with Crippen LogP contribution in [0.25, 0.3) is 10.1 Å². The van der Waals surface area contributed by atoms with Crippen LogP contribution in [0.15, 0.2) is 42.5 Å². The van der Waals surface area contributed by atoms with Gasteiger partial charge in [0.1, 0.15) is 17.6 Å². The van der Waals surface area contributed by atoms with Gasteiger partial charge in [-0.1, -0.05) is 25.1 Å². The van der Waals surface area contributed by atoms with Gasteiger partial charge in [0.2, 0.25) is 5.78 Å². The van der Waals surface area contributed by atoms with Crippen LogP contribution in [0.5, 0.6) is 11.5 Å². The van der Waals surface area contributed by atoms with Crippen molar-refractivity contribution in [3.63, 3.8) is 0 Å². The molecule has 4 atom stereocenters. The number of aromatic hydroxyl groups is 2. The zero-order valence-electron chi connectivity index (χ0n) is 15.8. The van der Waals surface area contributed by atoms with Gasteiger partial charge in [-0.15, -0.1) is 11.3 Å². The second-order valence-corrected chi connectivity index (χ2v) is 8.55. The number of fused-ring (bicyclic) bond motifs is 1. The summed E-state index contributed by atoms with van der Waals surface area (Å²) in [6.45, 7) is 1.63. The van der Waals surface area contributed by atoms with Crippen LogP contribution in [0, 0.1) is 5.92 Å². The fraction of sp³-hybridized carbons (Fsp3) is 0.318. The zero-order valence-corrected chi connectivity index (χ0v) is 16.6. The molecule has 29 heavy (non-hydrogen) atoms. The Morgan fingerprint density at radius 2 is 1.93 bits per heavy atom. The summed E-state index contributed by atoms with van der Waals surface area (Å²) in [6.07, 6.45) is -1.82. The van der Waals surface area contributed by atoms with E-state index >= 15 is 0 Å². The summed E-state index contributed by atoms with van der Waals surface area (Å²) in [6, 6.07) is 11.8. The van der Waals surface area contributed by atoms with Crippen molar-refractivity contribution in [2.75, 3.05) is 6.61 Å². The number of carbonyl (C=O) groups is 1. The maximum absolute atomic E-state index is 13.1. The minimum Gasteiger partial charge on any atom is -0.507 e. The molecule has 2 heterocycles. The summed E-state index contributed by atoms with van der Waals surface area (Å²) in [5.41, 5.74) is 0.240. The Morgan fingerprint density at radius 1 is 1.17 bits per heavy atom. The van der Waals surface area contributed by atoms with Crippen LogP contribution < -0.4 is 0 Å². The number of thiophene rings is 1. The molecule has 1 aliphatic heterocycles. The molecule has 7 heteroatoms. The van der Waals surface area contributed by atoms with Gasteiger partial charge >= 0.3 is 0 Å². The lowest BCUT2D eigenvalue weighted by molar-refractivity contribution is -0.155.